The fraction of sp³-hybridized carbons (Fsp3) is 0.320. The molecule has 2 aromatic heterocycles. The average Bonchev–Trinajstić information content (AvgIpc) is 3.48. The van der Waals surface area contributed by atoms with Crippen LogP contribution in [-0.2, 0) is 66.3 Å². The molecule has 0 spiro atoms. The van der Waals surface area contributed by atoms with Gasteiger partial charge in [0.15, 0.2) is 19.6 Å². The second-order valence-corrected chi connectivity index (χ2v) is 25.9. The molecule has 424 valence electrons. The minimum Gasteiger partial charge on any atom is -0.258 e. The van der Waals surface area contributed by atoms with E-state index in [2.05, 4.69) is 9.97 Å². The van der Waals surface area contributed by atoms with Crippen LogP contribution >= 0.6 is 0 Å². The van der Waals surface area contributed by atoms with Crippen molar-refractivity contribution in [3.63, 3.8) is 0 Å². The van der Waals surface area contributed by atoms with Gasteiger partial charge in [-0.25, -0.2) is 33.7 Å². The van der Waals surface area contributed by atoms with Gasteiger partial charge in [0.1, 0.15) is 0 Å². The third kappa shape index (κ3) is 14.2. The van der Waals surface area contributed by atoms with Crippen molar-refractivity contribution in [2.45, 2.75) is 97.1 Å². The number of hydrogen-bond donors (Lipinski definition) is 0. The van der Waals surface area contributed by atoms with E-state index < -0.39 is 128 Å². The molecule has 0 amide bonds. The van der Waals surface area contributed by atoms with E-state index in [-0.39, 0.29) is 81.1 Å². The number of sulfonamides is 4. The number of fused-ring (bicyclic) bond motifs is 4. The number of nitro groups is 4. The van der Waals surface area contributed by atoms with E-state index in [9.17, 15) is 74.1 Å². The quantitative estimate of drug-likeness (QED) is 0.0836. The average molecular weight is 1180 g/mol. The Labute approximate surface area is 461 Å². The summed E-state index contributed by atoms with van der Waals surface area (Å²) >= 11 is 0. The molecule has 0 unspecified atom stereocenters. The summed E-state index contributed by atoms with van der Waals surface area (Å²) < 4.78 is 120. The van der Waals surface area contributed by atoms with Crippen LogP contribution in [0.25, 0.3) is 0 Å². The summed E-state index contributed by atoms with van der Waals surface area (Å²) in [4.78, 5) is 51.9. The standard InChI is InChI=1S/C50H54N10O16S4/c61-57(62)43-23-5-9-27-47(43)77(69,70)53-31-13-2-1-3-14-33-54(78(71,72)48-28-10-6-24-44(48)58(63)64)35-39-19-17-21-41(51-39)37-56(80(75,76)50-30-12-8-26-46(50)60(67)68)38-42-22-18-20-40(52-42)36-55(34-16-4-15-32-53)79(73,74)49-29-11-7-25-45(49)59(65)66/h5-12,17-30H,1-4,13-16,31-38H2. The zero-order valence-electron chi connectivity index (χ0n) is 42.7. The highest BCUT2D eigenvalue weighted by atomic mass is 32.2. The first-order valence-corrected chi connectivity index (χ1v) is 30.6. The summed E-state index contributed by atoms with van der Waals surface area (Å²) in [5.74, 6) is 0. The maximum absolute atomic E-state index is 14.7. The first kappa shape index (κ1) is 60.1. The summed E-state index contributed by atoms with van der Waals surface area (Å²) in [5, 5.41) is 48.5. The molecule has 1 aliphatic rings. The van der Waals surface area contributed by atoms with E-state index in [1.165, 1.54) is 84.9 Å². The van der Waals surface area contributed by atoms with Crippen LogP contribution in [0.3, 0.4) is 0 Å². The van der Waals surface area contributed by atoms with Gasteiger partial charge in [-0.2, -0.15) is 17.2 Å². The lowest BCUT2D eigenvalue weighted by atomic mass is 10.1. The van der Waals surface area contributed by atoms with Crippen molar-refractivity contribution in [3.05, 3.63) is 197 Å². The number of rotatable bonds is 12. The molecular formula is C50H54N10O16S4. The second-order valence-electron chi connectivity index (χ2n) is 18.3. The Bertz CT molecular complexity index is 3740. The Morgan fingerprint density at radius 2 is 0.525 bits per heavy atom. The molecule has 26 nitrogen and oxygen atoms in total. The molecule has 3 heterocycles. The van der Waals surface area contributed by atoms with Gasteiger partial charge >= 0.3 is 0 Å². The zero-order chi connectivity index (χ0) is 57.8. The van der Waals surface area contributed by atoms with Gasteiger partial charge in [-0.15, -0.1) is 0 Å². The smallest absolute Gasteiger partial charge is 0.258 e. The monoisotopic (exact) mass is 1180 g/mol. The number of nitro benzene ring substituents is 4. The van der Waals surface area contributed by atoms with E-state index in [0.29, 0.717) is 19.3 Å². The van der Waals surface area contributed by atoms with Crippen molar-refractivity contribution >= 4 is 62.8 Å². The highest BCUT2D eigenvalue weighted by Crippen LogP contribution is 2.33. The van der Waals surface area contributed by atoms with E-state index in [1.807, 2.05) is 0 Å². The Hall–Kier alpha value is -7.58. The lowest BCUT2D eigenvalue weighted by Crippen LogP contribution is -2.34. The van der Waals surface area contributed by atoms with Gasteiger partial charge in [-0.1, -0.05) is 86.3 Å². The summed E-state index contributed by atoms with van der Waals surface area (Å²) in [5.41, 5.74) is -2.65. The van der Waals surface area contributed by atoms with Crippen LogP contribution in [0, 0.1) is 40.5 Å². The first-order valence-electron chi connectivity index (χ1n) is 24.9. The van der Waals surface area contributed by atoms with Crippen LogP contribution in [0.2, 0.25) is 0 Å². The number of nitrogens with zero attached hydrogens (tertiary/aromatic N) is 10. The molecule has 30 heteroatoms. The van der Waals surface area contributed by atoms with Crippen LogP contribution in [0.1, 0.15) is 74.1 Å². The molecule has 80 heavy (non-hydrogen) atoms. The SMILES string of the molecule is O=[N+]([O-])c1ccccc1S(=O)(=O)N1CCCCCCCN(S(=O)(=O)c2ccccc2[N+](=O)[O-])Cc2cccc(n2)CN(S(=O)(=O)c2ccccc2[N+](=O)[O-])Cc2cccc(n2)CN(S(=O)(=O)c2ccccc2[N+](=O)[O-])CCCCC1. The lowest BCUT2D eigenvalue weighted by molar-refractivity contribution is -0.388. The number of pyridine rings is 2. The van der Waals surface area contributed by atoms with Crippen LogP contribution in [0.15, 0.2) is 153 Å². The third-order valence-electron chi connectivity index (χ3n) is 12.9. The van der Waals surface area contributed by atoms with Crippen LogP contribution in [-0.4, -0.2) is 107 Å². The van der Waals surface area contributed by atoms with E-state index in [1.54, 1.807) is 0 Å². The Morgan fingerprint density at radius 3 is 0.825 bits per heavy atom. The van der Waals surface area contributed by atoms with E-state index in [4.69, 9.17) is 0 Å². The summed E-state index contributed by atoms with van der Waals surface area (Å²) in [6.07, 6.45) is 2.06. The molecule has 0 fully saturated rings. The zero-order valence-corrected chi connectivity index (χ0v) is 45.9. The Kier molecular flexibility index (Phi) is 19.6. The Balaban J connectivity index is 1.31. The maximum Gasteiger partial charge on any atom is 0.289 e. The van der Waals surface area contributed by atoms with Gasteiger partial charge in [0, 0.05) is 50.4 Å². The summed E-state index contributed by atoms with van der Waals surface area (Å²) in [6, 6.07) is 27.6. The third-order valence-corrected chi connectivity index (χ3v) is 20.5. The predicted octanol–water partition coefficient (Wildman–Crippen LogP) is 7.71. The molecule has 0 atom stereocenters. The van der Waals surface area contributed by atoms with Gasteiger partial charge < -0.3 is 0 Å². The molecule has 0 saturated heterocycles. The minimum absolute atomic E-state index is 0.00645. The van der Waals surface area contributed by atoms with Gasteiger partial charge in [-0.05, 0) is 74.2 Å². The molecule has 1 aliphatic heterocycles. The molecule has 4 bridgehead atoms. The van der Waals surface area contributed by atoms with Crippen LogP contribution in [0.5, 0.6) is 0 Å². The summed E-state index contributed by atoms with van der Waals surface area (Å²) in [7, 11) is -18.7. The van der Waals surface area contributed by atoms with Crippen molar-refractivity contribution in [1.29, 1.82) is 0 Å². The number of hydrogen-bond acceptors (Lipinski definition) is 18. The maximum atomic E-state index is 14.7. The number of para-hydroxylation sites is 4. The first-order chi connectivity index (χ1) is 38.0. The van der Waals surface area contributed by atoms with Crippen molar-refractivity contribution in [3.8, 4) is 0 Å². The Morgan fingerprint density at radius 1 is 0.300 bits per heavy atom. The molecule has 4 aromatic carbocycles. The normalized spacial score (nSPS) is 16.3. The second kappa shape index (κ2) is 26.1. The van der Waals surface area contributed by atoms with Crippen molar-refractivity contribution < 1.29 is 53.4 Å². The van der Waals surface area contributed by atoms with Gasteiger partial charge in [0.2, 0.25) is 30.1 Å². The lowest BCUT2D eigenvalue weighted by Gasteiger charge is -2.25. The molecule has 0 N–H and O–H groups in total. The van der Waals surface area contributed by atoms with Gasteiger partial charge in [0.05, 0.1) is 68.6 Å². The fourth-order valence-corrected chi connectivity index (χ4v) is 15.4. The van der Waals surface area contributed by atoms with Crippen LogP contribution < -0.4 is 0 Å². The molecule has 0 saturated carbocycles. The van der Waals surface area contributed by atoms with E-state index >= 15 is 0 Å². The van der Waals surface area contributed by atoms with Crippen molar-refractivity contribution in [1.82, 2.24) is 27.2 Å². The molecule has 0 aliphatic carbocycles. The molecule has 0 radical (unpaired) electrons. The van der Waals surface area contributed by atoms with Crippen molar-refractivity contribution in [2.24, 2.45) is 0 Å². The molecular weight excluding hydrogens is 1120 g/mol. The summed E-state index contributed by atoms with van der Waals surface area (Å²) in [6.45, 7) is -2.88. The van der Waals surface area contributed by atoms with Crippen molar-refractivity contribution in [2.75, 3.05) is 26.2 Å². The van der Waals surface area contributed by atoms with Crippen LogP contribution in [0.4, 0.5) is 22.7 Å². The van der Waals surface area contributed by atoms with E-state index in [0.717, 1.165) is 65.8 Å². The minimum atomic E-state index is -4.86. The largest absolute Gasteiger partial charge is 0.289 e. The predicted molar refractivity (Wildman–Crippen MR) is 288 cm³/mol. The molecule has 7 rings (SSSR count). The molecule has 6 aromatic rings. The fourth-order valence-electron chi connectivity index (χ4n) is 9.00. The highest BCUT2D eigenvalue weighted by molar-refractivity contribution is 7.90. The topological polar surface area (TPSA) is 348 Å². The number of aromatic nitrogens is 2. The highest BCUT2D eigenvalue weighted by Gasteiger charge is 2.36. The van der Waals surface area contributed by atoms with Gasteiger partial charge in [-0.3, -0.25) is 50.4 Å². The number of benzene rings is 4. The van der Waals surface area contributed by atoms with Gasteiger partial charge in [0.25, 0.3) is 32.8 Å².